The Bertz CT molecular complexity index is 340. The number of carbonyl (C=O) groups excluding carboxylic acids is 1. The first kappa shape index (κ1) is 9.52. The molecule has 0 atom stereocenters. The standard InChI is InChI=1S/C11H12O2/c1-4-11(12)13-10-7-8(2)5-6-9(10)3/h4-7H,1H2,2-3H3. The van der Waals surface area contributed by atoms with E-state index >= 15 is 0 Å². The second-order valence-electron chi connectivity index (χ2n) is 2.89. The lowest BCUT2D eigenvalue weighted by Crippen LogP contribution is -2.04. The number of hydrogen-bond acceptors (Lipinski definition) is 2. The predicted octanol–water partition coefficient (Wildman–Crippen LogP) is 2.39. The van der Waals surface area contributed by atoms with Crippen molar-refractivity contribution in [2.45, 2.75) is 13.8 Å². The van der Waals surface area contributed by atoms with E-state index in [0.29, 0.717) is 5.75 Å². The zero-order valence-corrected chi connectivity index (χ0v) is 7.83. The van der Waals surface area contributed by atoms with Crippen LogP contribution >= 0.6 is 0 Å². The fraction of sp³-hybridized carbons (Fsp3) is 0.182. The first-order valence-electron chi connectivity index (χ1n) is 4.05. The molecule has 2 nitrogen and oxygen atoms in total. The zero-order valence-electron chi connectivity index (χ0n) is 7.83. The van der Waals surface area contributed by atoms with Gasteiger partial charge in [0.2, 0.25) is 0 Å². The molecule has 0 saturated carbocycles. The van der Waals surface area contributed by atoms with E-state index in [1.54, 1.807) is 0 Å². The minimum atomic E-state index is -0.422. The van der Waals surface area contributed by atoms with E-state index in [9.17, 15) is 4.79 Å². The number of aryl methyl sites for hydroxylation is 2. The van der Waals surface area contributed by atoms with Crippen molar-refractivity contribution in [1.82, 2.24) is 0 Å². The Hall–Kier alpha value is -1.57. The van der Waals surface area contributed by atoms with Crippen LogP contribution in [-0.4, -0.2) is 5.97 Å². The Morgan fingerprint density at radius 1 is 1.46 bits per heavy atom. The van der Waals surface area contributed by atoms with Gasteiger partial charge < -0.3 is 4.74 Å². The highest BCUT2D eigenvalue weighted by molar-refractivity contribution is 5.83. The fourth-order valence-corrected chi connectivity index (χ4v) is 0.967. The lowest BCUT2D eigenvalue weighted by molar-refractivity contribution is -0.129. The van der Waals surface area contributed by atoms with E-state index in [-0.39, 0.29) is 0 Å². The van der Waals surface area contributed by atoms with Crippen molar-refractivity contribution in [3.05, 3.63) is 42.0 Å². The van der Waals surface area contributed by atoms with Crippen molar-refractivity contribution in [2.75, 3.05) is 0 Å². The van der Waals surface area contributed by atoms with Crippen molar-refractivity contribution in [3.8, 4) is 5.75 Å². The van der Waals surface area contributed by atoms with Crippen molar-refractivity contribution in [3.63, 3.8) is 0 Å². The first-order chi connectivity index (χ1) is 6.13. The van der Waals surface area contributed by atoms with Crippen LogP contribution in [0.1, 0.15) is 11.1 Å². The van der Waals surface area contributed by atoms with E-state index in [0.717, 1.165) is 17.2 Å². The Kier molecular flexibility index (Phi) is 2.85. The fourth-order valence-electron chi connectivity index (χ4n) is 0.967. The largest absolute Gasteiger partial charge is 0.423 e. The summed E-state index contributed by atoms with van der Waals surface area (Å²) >= 11 is 0. The highest BCUT2D eigenvalue weighted by Crippen LogP contribution is 2.19. The molecule has 13 heavy (non-hydrogen) atoms. The summed E-state index contributed by atoms with van der Waals surface area (Å²) in [5.74, 6) is 0.179. The molecule has 0 spiro atoms. The van der Waals surface area contributed by atoms with Gasteiger partial charge in [-0.2, -0.15) is 0 Å². The third-order valence-corrected chi connectivity index (χ3v) is 1.72. The van der Waals surface area contributed by atoms with E-state index < -0.39 is 5.97 Å². The third-order valence-electron chi connectivity index (χ3n) is 1.72. The molecule has 0 amide bonds. The lowest BCUT2D eigenvalue weighted by atomic mass is 10.1. The number of esters is 1. The summed E-state index contributed by atoms with van der Waals surface area (Å²) in [6, 6.07) is 5.72. The highest BCUT2D eigenvalue weighted by atomic mass is 16.5. The van der Waals surface area contributed by atoms with Gasteiger partial charge in [0, 0.05) is 6.08 Å². The van der Waals surface area contributed by atoms with Crippen LogP contribution in [0.2, 0.25) is 0 Å². The smallest absolute Gasteiger partial charge is 0.335 e. The first-order valence-corrected chi connectivity index (χ1v) is 4.05. The molecule has 0 radical (unpaired) electrons. The monoisotopic (exact) mass is 176 g/mol. The van der Waals surface area contributed by atoms with Gasteiger partial charge in [-0.1, -0.05) is 18.7 Å². The molecule has 0 aromatic heterocycles. The van der Waals surface area contributed by atoms with Crippen LogP contribution in [0.3, 0.4) is 0 Å². The number of hydrogen-bond donors (Lipinski definition) is 0. The van der Waals surface area contributed by atoms with E-state index in [2.05, 4.69) is 6.58 Å². The maximum absolute atomic E-state index is 10.9. The molecular weight excluding hydrogens is 164 g/mol. The minimum absolute atomic E-state index is 0.422. The molecule has 1 aromatic carbocycles. The number of ether oxygens (including phenoxy) is 1. The molecule has 0 aliphatic carbocycles. The summed E-state index contributed by atoms with van der Waals surface area (Å²) in [5, 5.41) is 0. The molecule has 0 N–H and O–H groups in total. The number of carbonyl (C=O) groups is 1. The van der Waals surface area contributed by atoms with Crippen molar-refractivity contribution >= 4 is 5.97 Å². The summed E-state index contributed by atoms with van der Waals surface area (Å²) in [7, 11) is 0. The molecule has 2 heteroatoms. The van der Waals surface area contributed by atoms with Crippen molar-refractivity contribution in [2.24, 2.45) is 0 Å². The summed E-state index contributed by atoms with van der Waals surface area (Å²) in [5.41, 5.74) is 2.01. The summed E-state index contributed by atoms with van der Waals surface area (Å²) in [6.07, 6.45) is 1.15. The molecule has 1 aromatic rings. The molecule has 1 rings (SSSR count). The Labute approximate surface area is 77.8 Å². The minimum Gasteiger partial charge on any atom is -0.423 e. The van der Waals surface area contributed by atoms with Crippen molar-refractivity contribution in [1.29, 1.82) is 0 Å². The lowest BCUT2D eigenvalue weighted by Gasteiger charge is -2.05. The Morgan fingerprint density at radius 3 is 2.77 bits per heavy atom. The number of rotatable bonds is 2. The Morgan fingerprint density at radius 2 is 2.15 bits per heavy atom. The SMILES string of the molecule is C=CC(=O)Oc1cc(C)ccc1C. The van der Waals surface area contributed by atoms with Crippen LogP contribution in [-0.2, 0) is 4.79 Å². The maximum Gasteiger partial charge on any atom is 0.335 e. The zero-order chi connectivity index (χ0) is 9.84. The molecule has 0 unspecified atom stereocenters. The van der Waals surface area contributed by atoms with Gasteiger partial charge in [-0.05, 0) is 31.0 Å². The molecule has 0 fully saturated rings. The number of benzene rings is 1. The second-order valence-corrected chi connectivity index (χ2v) is 2.89. The average Bonchev–Trinajstić information content (AvgIpc) is 2.11. The molecule has 0 bridgehead atoms. The highest BCUT2D eigenvalue weighted by Gasteiger charge is 2.02. The summed E-state index contributed by atoms with van der Waals surface area (Å²) in [4.78, 5) is 10.9. The van der Waals surface area contributed by atoms with Crippen molar-refractivity contribution < 1.29 is 9.53 Å². The van der Waals surface area contributed by atoms with Gasteiger partial charge in [0.25, 0.3) is 0 Å². The summed E-state index contributed by atoms with van der Waals surface area (Å²) < 4.78 is 5.02. The second kappa shape index (κ2) is 3.90. The van der Waals surface area contributed by atoms with Crippen LogP contribution in [0, 0.1) is 13.8 Å². The van der Waals surface area contributed by atoms with Crippen LogP contribution < -0.4 is 4.74 Å². The molecule has 0 aliphatic heterocycles. The van der Waals surface area contributed by atoms with Crippen LogP contribution in [0.4, 0.5) is 0 Å². The summed E-state index contributed by atoms with van der Waals surface area (Å²) in [6.45, 7) is 7.18. The predicted molar refractivity (Wildman–Crippen MR) is 51.7 cm³/mol. The molecule has 0 aliphatic rings. The van der Waals surface area contributed by atoms with Gasteiger partial charge in [-0.25, -0.2) is 4.79 Å². The van der Waals surface area contributed by atoms with Crippen LogP contribution in [0.15, 0.2) is 30.9 Å². The van der Waals surface area contributed by atoms with E-state index in [1.165, 1.54) is 0 Å². The van der Waals surface area contributed by atoms with Gasteiger partial charge in [-0.3, -0.25) is 0 Å². The normalized spacial score (nSPS) is 9.38. The van der Waals surface area contributed by atoms with Crippen LogP contribution in [0.25, 0.3) is 0 Å². The topological polar surface area (TPSA) is 26.3 Å². The van der Waals surface area contributed by atoms with Gasteiger partial charge >= 0.3 is 5.97 Å². The molecular formula is C11H12O2. The van der Waals surface area contributed by atoms with Gasteiger partial charge in [0.05, 0.1) is 0 Å². The van der Waals surface area contributed by atoms with Gasteiger partial charge in [0.1, 0.15) is 5.75 Å². The average molecular weight is 176 g/mol. The Balaban J connectivity index is 2.93. The third kappa shape index (κ3) is 2.44. The quantitative estimate of drug-likeness (QED) is 0.393. The van der Waals surface area contributed by atoms with Crippen LogP contribution in [0.5, 0.6) is 5.75 Å². The molecule has 0 saturated heterocycles. The van der Waals surface area contributed by atoms with E-state index in [1.807, 2.05) is 32.0 Å². The maximum atomic E-state index is 10.9. The van der Waals surface area contributed by atoms with Gasteiger partial charge in [-0.15, -0.1) is 0 Å². The molecule has 68 valence electrons. The van der Waals surface area contributed by atoms with Gasteiger partial charge in [0.15, 0.2) is 0 Å². The molecule has 0 heterocycles. The van der Waals surface area contributed by atoms with E-state index in [4.69, 9.17) is 4.74 Å².